The Morgan fingerprint density at radius 2 is 1.92 bits per heavy atom. The zero-order chi connectivity index (χ0) is 25.6. The third kappa shape index (κ3) is 6.21. The maximum atomic E-state index is 13.5. The molecule has 2 aliphatic rings. The van der Waals surface area contributed by atoms with Gasteiger partial charge in [0, 0.05) is 47.8 Å². The average molecular weight is 505 g/mol. The molecule has 2 atom stereocenters. The van der Waals surface area contributed by atoms with Crippen LogP contribution in [0, 0.1) is 17.7 Å². The predicted molar refractivity (Wildman–Crippen MR) is 145 cm³/mol. The second kappa shape index (κ2) is 11.9. The second-order valence-electron chi connectivity index (χ2n) is 10.5. The number of ether oxygens (including phenoxy) is 1. The molecule has 1 aliphatic heterocycles. The van der Waals surface area contributed by atoms with Gasteiger partial charge in [-0.15, -0.1) is 0 Å². The largest absolute Gasteiger partial charge is 0.496 e. The van der Waals surface area contributed by atoms with Crippen molar-refractivity contribution in [2.24, 2.45) is 11.8 Å². The topological polar surface area (TPSA) is 70.2 Å². The highest BCUT2D eigenvalue weighted by Crippen LogP contribution is 2.34. The minimum atomic E-state index is -0.244. The Kier molecular flexibility index (Phi) is 8.19. The highest BCUT2D eigenvalue weighted by molar-refractivity contribution is 5.92. The van der Waals surface area contributed by atoms with E-state index in [-0.39, 0.29) is 11.7 Å². The van der Waals surface area contributed by atoms with Crippen LogP contribution in [0.25, 0.3) is 17.0 Å². The molecule has 0 bridgehead atoms. The lowest BCUT2D eigenvalue weighted by Gasteiger charge is -2.38. The number of halogens is 1. The van der Waals surface area contributed by atoms with Gasteiger partial charge in [0.1, 0.15) is 11.6 Å². The zero-order valence-electron chi connectivity index (χ0n) is 21.6. The van der Waals surface area contributed by atoms with Gasteiger partial charge in [0.05, 0.1) is 12.6 Å². The minimum absolute atomic E-state index is 0.0530. The van der Waals surface area contributed by atoms with E-state index in [4.69, 9.17) is 4.74 Å². The van der Waals surface area contributed by atoms with Crippen molar-refractivity contribution in [3.8, 4) is 5.75 Å². The molecule has 0 radical (unpaired) electrons. The number of nitrogens with one attached hydrogen (secondary N) is 2. The Morgan fingerprint density at radius 3 is 2.73 bits per heavy atom. The monoisotopic (exact) mass is 504 g/mol. The lowest BCUT2D eigenvalue weighted by Crippen LogP contribution is -2.42. The maximum Gasteiger partial charge on any atom is 0.244 e. The van der Waals surface area contributed by atoms with Crippen molar-refractivity contribution < 1.29 is 13.9 Å². The number of hydrogen-bond acceptors (Lipinski definition) is 4. The summed E-state index contributed by atoms with van der Waals surface area (Å²) in [4.78, 5) is 15.1. The Balaban J connectivity index is 1.12. The van der Waals surface area contributed by atoms with E-state index in [1.807, 2.05) is 36.4 Å². The van der Waals surface area contributed by atoms with E-state index in [0.717, 1.165) is 61.4 Å². The summed E-state index contributed by atoms with van der Waals surface area (Å²) in [5.74, 6) is 2.02. The Labute approximate surface area is 218 Å². The number of nitrogens with zero attached hydrogens (tertiary/aromatic N) is 2. The Hall–Kier alpha value is -3.19. The molecule has 5 rings (SSSR count). The lowest BCUT2D eigenvalue weighted by atomic mass is 9.78. The van der Waals surface area contributed by atoms with Crippen LogP contribution in [0.2, 0.25) is 0 Å². The Bertz CT molecular complexity index is 1230. The van der Waals surface area contributed by atoms with Crippen LogP contribution in [0.4, 0.5) is 4.39 Å². The van der Waals surface area contributed by atoms with Crippen LogP contribution in [-0.2, 0) is 4.79 Å². The fourth-order valence-corrected chi connectivity index (χ4v) is 6.11. The number of fused-ring (bicyclic) bond motifs is 1. The number of piperidine rings is 1. The van der Waals surface area contributed by atoms with Gasteiger partial charge in [-0.2, -0.15) is 5.10 Å². The van der Waals surface area contributed by atoms with Gasteiger partial charge in [0.15, 0.2) is 0 Å². The number of aromatic amines is 1. The number of aromatic nitrogens is 2. The summed E-state index contributed by atoms with van der Waals surface area (Å²) in [5.41, 5.74) is 2.76. The molecule has 1 aliphatic carbocycles. The summed E-state index contributed by atoms with van der Waals surface area (Å²) in [6, 6.07) is 12.6. The van der Waals surface area contributed by atoms with Gasteiger partial charge < -0.3 is 15.0 Å². The summed E-state index contributed by atoms with van der Waals surface area (Å²) < 4.78 is 18.9. The molecule has 37 heavy (non-hydrogen) atoms. The van der Waals surface area contributed by atoms with Gasteiger partial charge in [-0.05, 0) is 74.9 Å². The molecule has 1 amide bonds. The van der Waals surface area contributed by atoms with E-state index in [0.29, 0.717) is 23.3 Å². The van der Waals surface area contributed by atoms with Crippen molar-refractivity contribution in [3.05, 3.63) is 65.6 Å². The van der Waals surface area contributed by atoms with Crippen LogP contribution >= 0.6 is 0 Å². The third-order valence-electron chi connectivity index (χ3n) is 8.19. The minimum Gasteiger partial charge on any atom is -0.496 e. The van der Waals surface area contributed by atoms with Crippen molar-refractivity contribution in [1.29, 1.82) is 0 Å². The molecule has 2 fully saturated rings. The van der Waals surface area contributed by atoms with Crippen molar-refractivity contribution in [3.63, 3.8) is 0 Å². The maximum absolute atomic E-state index is 13.5. The zero-order valence-corrected chi connectivity index (χ0v) is 21.6. The van der Waals surface area contributed by atoms with Gasteiger partial charge in [0.2, 0.25) is 5.91 Å². The molecule has 7 heteroatoms. The number of H-pyrrole nitrogens is 1. The van der Waals surface area contributed by atoms with E-state index in [1.165, 1.54) is 37.8 Å². The quantitative estimate of drug-likeness (QED) is 0.396. The van der Waals surface area contributed by atoms with E-state index >= 15 is 0 Å². The summed E-state index contributed by atoms with van der Waals surface area (Å²) >= 11 is 0. The number of hydrogen-bond donors (Lipinski definition) is 2. The Morgan fingerprint density at radius 1 is 1.14 bits per heavy atom. The number of carbonyl (C=O) groups is 1. The van der Waals surface area contributed by atoms with Crippen LogP contribution in [-0.4, -0.2) is 54.3 Å². The highest BCUT2D eigenvalue weighted by atomic mass is 19.1. The van der Waals surface area contributed by atoms with Crippen LogP contribution < -0.4 is 10.1 Å². The standard InChI is InChI=1S/C30H37FN4O2/c1-37-28-9-5-4-6-21(28)10-13-29(36)32-19-23-7-2-3-8-24(23)20-35-16-14-22(15-17-35)30-26-12-11-25(31)18-27(26)33-34-30/h4-6,9-13,18,22-24H,2-3,7-8,14-17,19-20H2,1H3,(H,32,36)(H,33,34)/b13-10+/t23-,24-/m0/s1. The molecule has 3 aromatic rings. The molecule has 0 spiro atoms. The van der Waals surface area contributed by atoms with Gasteiger partial charge in [-0.3, -0.25) is 9.89 Å². The van der Waals surface area contributed by atoms with Crippen LogP contribution in [0.15, 0.2) is 48.5 Å². The second-order valence-corrected chi connectivity index (χ2v) is 10.5. The number of carbonyl (C=O) groups excluding carboxylic acids is 1. The normalized spacial score (nSPS) is 21.5. The number of methoxy groups -OCH3 is 1. The summed E-state index contributed by atoms with van der Waals surface area (Å²) in [6.45, 7) is 3.94. The lowest BCUT2D eigenvalue weighted by molar-refractivity contribution is -0.116. The number of rotatable bonds is 8. The summed E-state index contributed by atoms with van der Waals surface area (Å²) in [6.07, 6.45) is 10.5. The fourth-order valence-electron chi connectivity index (χ4n) is 6.11. The van der Waals surface area contributed by atoms with E-state index in [1.54, 1.807) is 13.2 Å². The van der Waals surface area contributed by atoms with Crippen molar-refractivity contribution in [1.82, 2.24) is 20.4 Å². The molecular weight excluding hydrogens is 467 g/mol. The van der Waals surface area contributed by atoms with Crippen LogP contribution in [0.3, 0.4) is 0 Å². The SMILES string of the molecule is COc1ccccc1/C=C/C(=O)NC[C@@H]1CCCC[C@H]1CN1CCC(c2[nH]nc3cc(F)ccc23)CC1. The first-order chi connectivity index (χ1) is 18.1. The molecule has 1 aromatic heterocycles. The molecular formula is C30H37FN4O2. The first-order valence-electron chi connectivity index (χ1n) is 13.6. The summed E-state index contributed by atoms with van der Waals surface area (Å²) in [5, 5.41) is 11.7. The number of amides is 1. The molecule has 1 saturated heterocycles. The van der Waals surface area contributed by atoms with Gasteiger partial charge >= 0.3 is 0 Å². The number of para-hydroxylation sites is 1. The van der Waals surface area contributed by atoms with E-state index in [2.05, 4.69) is 20.4 Å². The molecule has 2 N–H and O–H groups in total. The fraction of sp³-hybridized carbons (Fsp3) is 0.467. The molecule has 1 saturated carbocycles. The molecule has 2 aromatic carbocycles. The molecule has 196 valence electrons. The number of benzene rings is 2. The smallest absolute Gasteiger partial charge is 0.244 e. The van der Waals surface area contributed by atoms with Crippen molar-refractivity contribution >= 4 is 22.9 Å². The van der Waals surface area contributed by atoms with Crippen LogP contribution in [0.1, 0.15) is 55.7 Å². The van der Waals surface area contributed by atoms with E-state index in [9.17, 15) is 9.18 Å². The number of likely N-dealkylation sites (tertiary alicyclic amines) is 1. The van der Waals surface area contributed by atoms with Crippen LogP contribution in [0.5, 0.6) is 5.75 Å². The van der Waals surface area contributed by atoms with Crippen molar-refractivity contribution in [2.75, 3.05) is 33.3 Å². The average Bonchev–Trinajstić information content (AvgIpc) is 3.35. The third-order valence-corrected chi connectivity index (χ3v) is 8.19. The van der Waals surface area contributed by atoms with E-state index < -0.39 is 0 Å². The first kappa shape index (κ1) is 25.5. The molecule has 6 nitrogen and oxygen atoms in total. The molecule has 0 unspecified atom stereocenters. The molecule has 2 heterocycles. The van der Waals surface area contributed by atoms with Gasteiger partial charge in [-0.25, -0.2) is 4.39 Å². The summed E-state index contributed by atoms with van der Waals surface area (Å²) in [7, 11) is 1.64. The van der Waals surface area contributed by atoms with Crippen molar-refractivity contribution in [2.45, 2.75) is 44.4 Å². The highest BCUT2D eigenvalue weighted by Gasteiger charge is 2.30. The first-order valence-corrected chi connectivity index (χ1v) is 13.6. The van der Waals surface area contributed by atoms with Gasteiger partial charge in [-0.1, -0.05) is 31.0 Å². The van der Waals surface area contributed by atoms with Gasteiger partial charge in [0.25, 0.3) is 0 Å². The predicted octanol–water partition coefficient (Wildman–Crippen LogP) is 5.53.